The fourth-order valence-corrected chi connectivity index (χ4v) is 2.64. The molecule has 2 N–H and O–H groups in total. The lowest BCUT2D eigenvalue weighted by Crippen LogP contribution is -2.11. The topological polar surface area (TPSA) is 82.8 Å². The van der Waals surface area contributed by atoms with Crippen molar-refractivity contribution in [3.8, 4) is 11.5 Å². The van der Waals surface area contributed by atoms with Gasteiger partial charge in [-0.1, -0.05) is 24.9 Å². The summed E-state index contributed by atoms with van der Waals surface area (Å²) in [4.78, 5) is 4.49. The number of hydrogen-bond donors (Lipinski definition) is 1. The van der Waals surface area contributed by atoms with Crippen molar-refractivity contribution in [2.75, 3.05) is 5.73 Å². The van der Waals surface area contributed by atoms with E-state index in [0.29, 0.717) is 23.2 Å². The zero-order valence-electron chi connectivity index (χ0n) is 11.3. The monoisotopic (exact) mass is 261 g/mol. The van der Waals surface area contributed by atoms with E-state index < -0.39 is 0 Å². The highest BCUT2D eigenvalue weighted by Gasteiger charge is 2.25. The Bertz CT molecular complexity index is 565. The van der Waals surface area contributed by atoms with E-state index in [-0.39, 0.29) is 0 Å². The predicted octanol–water partition coefficient (Wildman–Crippen LogP) is 2.35. The molecular weight excluding hydrogens is 242 g/mol. The van der Waals surface area contributed by atoms with Gasteiger partial charge in [0.15, 0.2) is 5.82 Å². The SMILES string of the molecule is CC1CCC(c2noc(-c3cnn(C)c3N)n2)CC1. The van der Waals surface area contributed by atoms with Crippen molar-refractivity contribution < 1.29 is 4.52 Å². The minimum Gasteiger partial charge on any atom is -0.383 e. The van der Waals surface area contributed by atoms with Crippen LogP contribution in [0, 0.1) is 5.92 Å². The highest BCUT2D eigenvalue weighted by molar-refractivity contribution is 5.66. The molecule has 1 aliphatic carbocycles. The highest BCUT2D eigenvalue weighted by Crippen LogP contribution is 2.35. The van der Waals surface area contributed by atoms with Crippen LogP contribution in [0.1, 0.15) is 44.3 Å². The van der Waals surface area contributed by atoms with Gasteiger partial charge in [0.25, 0.3) is 5.89 Å². The summed E-state index contributed by atoms with van der Waals surface area (Å²) in [5.41, 5.74) is 6.63. The number of rotatable bonds is 2. The van der Waals surface area contributed by atoms with Crippen molar-refractivity contribution in [3.05, 3.63) is 12.0 Å². The van der Waals surface area contributed by atoms with Gasteiger partial charge in [0.05, 0.1) is 6.20 Å². The molecule has 2 aromatic heterocycles. The van der Waals surface area contributed by atoms with Crippen LogP contribution >= 0.6 is 0 Å². The summed E-state index contributed by atoms with van der Waals surface area (Å²) in [5, 5.41) is 8.20. The zero-order chi connectivity index (χ0) is 13.4. The molecule has 3 rings (SSSR count). The van der Waals surface area contributed by atoms with Gasteiger partial charge in [0.1, 0.15) is 11.4 Å². The van der Waals surface area contributed by atoms with Crippen LogP contribution in [0.4, 0.5) is 5.82 Å². The Morgan fingerprint density at radius 2 is 2.05 bits per heavy atom. The van der Waals surface area contributed by atoms with Crippen molar-refractivity contribution in [1.29, 1.82) is 0 Å². The maximum atomic E-state index is 5.91. The second-order valence-electron chi connectivity index (χ2n) is 5.48. The largest absolute Gasteiger partial charge is 0.383 e. The molecule has 0 amide bonds. The molecule has 0 aliphatic heterocycles. The summed E-state index contributed by atoms with van der Waals surface area (Å²) in [6.07, 6.45) is 6.42. The van der Waals surface area contributed by atoms with Gasteiger partial charge in [-0.2, -0.15) is 10.1 Å². The third-order valence-corrected chi connectivity index (χ3v) is 4.04. The van der Waals surface area contributed by atoms with Gasteiger partial charge in [-0.25, -0.2) is 0 Å². The Labute approximate surface area is 112 Å². The maximum absolute atomic E-state index is 5.91. The molecular formula is C13H19N5O. The zero-order valence-corrected chi connectivity index (χ0v) is 11.3. The molecule has 2 aromatic rings. The van der Waals surface area contributed by atoms with E-state index in [9.17, 15) is 0 Å². The van der Waals surface area contributed by atoms with Gasteiger partial charge >= 0.3 is 0 Å². The average Bonchev–Trinajstić information content (AvgIpc) is 2.99. The van der Waals surface area contributed by atoms with E-state index >= 15 is 0 Å². The van der Waals surface area contributed by atoms with Crippen LogP contribution in [0.3, 0.4) is 0 Å². The molecule has 0 aromatic carbocycles. The van der Waals surface area contributed by atoms with E-state index in [4.69, 9.17) is 10.3 Å². The van der Waals surface area contributed by atoms with Gasteiger partial charge in [0.2, 0.25) is 0 Å². The molecule has 0 atom stereocenters. The van der Waals surface area contributed by atoms with Crippen LogP contribution < -0.4 is 5.73 Å². The van der Waals surface area contributed by atoms with E-state index in [1.165, 1.54) is 12.8 Å². The molecule has 102 valence electrons. The standard InChI is InChI=1S/C13H19N5O/c1-8-3-5-9(6-4-8)12-16-13(19-17-12)10-7-15-18(2)11(10)14/h7-9H,3-6,14H2,1-2H3. The smallest absolute Gasteiger partial charge is 0.263 e. The van der Waals surface area contributed by atoms with Crippen molar-refractivity contribution in [3.63, 3.8) is 0 Å². The number of nitrogens with two attached hydrogens (primary N) is 1. The van der Waals surface area contributed by atoms with Crippen LogP contribution in [-0.2, 0) is 7.05 Å². The fraction of sp³-hybridized carbons (Fsp3) is 0.615. The lowest BCUT2D eigenvalue weighted by molar-refractivity contribution is 0.329. The van der Waals surface area contributed by atoms with E-state index in [2.05, 4.69) is 22.2 Å². The fourth-order valence-electron chi connectivity index (χ4n) is 2.64. The minimum absolute atomic E-state index is 0.423. The summed E-state index contributed by atoms with van der Waals surface area (Å²) < 4.78 is 6.93. The second-order valence-corrected chi connectivity index (χ2v) is 5.48. The Morgan fingerprint density at radius 1 is 1.32 bits per heavy atom. The molecule has 2 heterocycles. The molecule has 1 fully saturated rings. The Kier molecular flexibility index (Phi) is 3.00. The van der Waals surface area contributed by atoms with Crippen LogP contribution in [0.5, 0.6) is 0 Å². The number of aromatic nitrogens is 4. The van der Waals surface area contributed by atoms with Crippen molar-refractivity contribution in [2.45, 2.75) is 38.5 Å². The molecule has 0 unspecified atom stereocenters. The Hall–Kier alpha value is -1.85. The first-order valence-corrected chi connectivity index (χ1v) is 6.76. The minimum atomic E-state index is 0.423. The van der Waals surface area contributed by atoms with Gasteiger partial charge in [-0.15, -0.1) is 0 Å². The van der Waals surface area contributed by atoms with Crippen LogP contribution in [0.2, 0.25) is 0 Å². The van der Waals surface area contributed by atoms with Crippen LogP contribution in [-0.4, -0.2) is 19.9 Å². The number of nitrogen functional groups attached to an aromatic ring is 1. The molecule has 0 bridgehead atoms. The summed E-state index contributed by atoms with van der Waals surface area (Å²) in [6, 6.07) is 0. The number of aryl methyl sites for hydroxylation is 1. The molecule has 6 nitrogen and oxygen atoms in total. The highest BCUT2D eigenvalue weighted by atomic mass is 16.5. The summed E-state index contributed by atoms with van der Waals surface area (Å²) >= 11 is 0. The summed E-state index contributed by atoms with van der Waals surface area (Å²) in [6.45, 7) is 2.30. The quantitative estimate of drug-likeness (QED) is 0.897. The predicted molar refractivity (Wildman–Crippen MR) is 71.3 cm³/mol. The van der Waals surface area contributed by atoms with Gasteiger partial charge < -0.3 is 10.3 Å². The summed E-state index contributed by atoms with van der Waals surface area (Å²) in [5.74, 6) is 3.07. The molecule has 0 saturated heterocycles. The third kappa shape index (κ3) is 2.22. The molecule has 6 heteroatoms. The molecule has 0 radical (unpaired) electrons. The first-order chi connectivity index (χ1) is 9.15. The van der Waals surface area contributed by atoms with E-state index in [1.54, 1.807) is 17.9 Å². The Morgan fingerprint density at radius 3 is 2.68 bits per heavy atom. The number of hydrogen-bond acceptors (Lipinski definition) is 5. The van der Waals surface area contributed by atoms with Crippen LogP contribution in [0.15, 0.2) is 10.7 Å². The Balaban J connectivity index is 1.82. The number of nitrogens with zero attached hydrogens (tertiary/aromatic N) is 4. The normalized spacial score (nSPS) is 23.7. The van der Waals surface area contributed by atoms with Gasteiger partial charge in [-0.05, 0) is 18.8 Å². The van der Waals surface area contributed by atoms with Crippen molar-refractivity contribution >= 4 is 5.82 Å². The van der Waals surface area contributed by atoms with E-state index in [1.807, 2.05) is 0 Å². The molecule has 1 saturated carbocycles. The average molecular weight is 261 g/mol. The third-order valence-electron chi connectivity index (χ3n) is 4.04. The van der Waals surface area contributed by atoms with Gasteiger partial charge in [-0.3, -0.25) is 4.68 Å². The van der Waals surface area contributed by atoms with Gasteiger partial charge in [0, 0.05) is 13.0 Å². The molecule has 1 aliphatic rings. The number of anilines is 1. The van der Waals surface area contributed by atoms with Crippen molar-refractivity contribution in [2.24, 2.45) is 13.0 Å². The second kappa shape index (κ2) is 4.68. The van der Waals surface area contributed by atoms with Crippen LogP contribution in [0.25, 0.3) is 11.5 Å². The maximum Gasteiger partial charge on any atom is 0.263 e. The summed E-state index contributed by atoms with van der Waals surface area (Å²) in [7, 11) is 1.79. The molecule has 0 spiro atoms. The van der Waals surface area contributed by atoms with E-state index in [0.717, 1.165) is 24.6 Å². The molecule has 19 heavy (non-hydrogen) atoms. The lowest BCUT2D eigenvalue weighted by Gasteiger charge is -2.23. The first-order valence-electron chi connectivity index (χ1n) is 6.76. The lowest BCUT2D eigenvalue weighted by atomic mass is 9.83. The first kappa shape index (κ1) is 12.2. The van der Waals surface area contributed by atoms with Crippen molar-refractivity contribution in [1.82, 2.24) is 19.9 Å².